The monoisotopic (exact) mass is 232 g/mol. The van der Waals surface area contributed by atoms with Gasteiger partial charge in [-0.15, -0.1) is 0 Å². The second kappa shape index (κ2) is 6.09. The predicted octanol–water partition coefficient (Wildman–Crippen LogP) is 3.93. The van der Waals surface area contributed by atoms with Gasteiger partial charge in [-0.25, -0.2) is 4.98 Å². The maximum Gasteiger partial charge on any atom is 0.215 e. The van der Waals surface area contributed by atoms with Crippen molar-refractivity contribution in [1.82, 2.24) is 9.97 Å². The van der Waals surface area contributed by atoms with E-state index in [1.54, 1.807) is 19.2 Å². The molecule has 90 valence electrons. The van der Waals surface area contributed by atoms with E-state index in [1.807, 2.05) is 32.9 Å². The summed E-state index contributed by atoms with van der Waals surface area (Å²) in [5.74, 6) is -0.416. The third-order valence-corrected chi connectivity index (χ3v) is 2.33. The summed E-state index contributed by atoms with van der Waals surface area (Å²) < 4.78 is 13.0. The van der Waals surface area contributed by atoms with Gasteiger partial charge < -0.3 is 0 Å². The average Bonchev–Trinajstić information content (AvgIpc) is 2.36. The Hall–Kier alpha value is -1.77. The molecule has 0 aliphatic carbocycles. The highest BCUT2D eigenvalue weighted by atomic mass is 19.1. The molecule has 2 rings (SSSR count). The molecule has 0 atom stereocenters. The molecule has 0 saturated carbocycles. The Kier molecular flexibility index (Phi) is 4.76. The number of aryl methyl sites for hydroxylation is 2. The van der Waals surface area contributed by atoms with E-state index in [2.05, 4.69) is 9.97 Å². The standard InChI is InChI=1S/C12H11FN2.C2H6/c1-8-6-10(7-15-12(8)13)11-4-3-5-14-9(11)2;1-2/h3-7H,1-2H3;1-2H3. The number of nitrogens with zero attached hydrogens (tertiary/aromatic N) is 2. The first-order chi connectivity index (χ1) is 8.18. The van der Waals surface area contributed by atoms with Crippen molar-refractivity contribution >= 4 is 0 Å². The molecule has 3 heteroatoms. The summed E-state index contributed by atoms with van der Waals surface area (Å²) in [5, 5.41) is 0. The van der Waals surface area contributed by atoms with Gasteiger partial charge in [0.15, 0.2) is 0 Å². The molecule has 0 bridgehead atoms. The van der Waals surface area contributed by atoms with Crippen molar-refractivity contribution in [3.05, 3.63) is 47.8 Å². The molecular weight excluding hydrogens is 215 g/mol. The molecule has 0 aliphatic rings. The Bertz CT molecular complexity index is 495. The lowest BCUT2D eigenvalue weighted by atomic mass is 10.1. The topological polar surface area (TPSA) is 25.8 Å². The van der Waals surface area contributed by atoms with Crippen LogP contribution in [0.2, 0.25) is 0 Å². The fourth-order valence-corrected chi connectivity index (χ4v) is 1.49. The van der Waals surface area contributed by atoms with Crippen molar-refractivity contribution in [2.24, 2.45) is 0 Å². The molecule has 0 aromatic carbocycles. The average molecular weight is 232 g/mol. The Balaban J connectivity index is 0.000000686. The molecule has 0 fully saturated rings. The van der Waals surface area contributed by atoms with Gasteiger partial charge in [-0.1, -0.05) is 19.9 Å². The van der Waals surface area contributed by atoms with Crippen molar-refractivity contribution in [3.63, 3.8) is 0 Å². The van der Waals surface area contributed by atoms with Crippen molar-refractivity contribution < 1.29 is 4.39 Å². The van der Waals surface area contributed by atoms with Crippen molar-refractivity contribution in [3.8, 4) is 11.1 Å². The summed E-state index contributed by atoms with van der Waals surface area (Å²) in [6.45, 7) is 7.63. The van der Waals surface area contributed by atoms with Crippen LogP contribution in [0.3, 0.4) is 0 Å². The highest BCUT2D eigenvalue weighted by Crippen LogP contribution is 2.22. The fraction of sp³-hybridized carbons (Fsp3) is 0.286. The van der Waals surface area contributed by atoms with Crippen LogP contribution >= 0.6 is 0 Å². The minimum Gasteiger partial charge on any atom is -0.261 e. The van der Waals surface area contributed by atoms with Crippen LogP contribution in [0.1, 0.15) is 25.1 Å². The van der Waals surface area contributed by atoms with E-state index in [1.165, 1.54) is 6.20 Å². The van der Waals surface area contributed by atoms with Crippen LogP contribution in [0.5, 0.6) is 0 Å². The summed E-state index contributed by atoms with van der Waals surface area (Å²) in [6.07, 6.45) is 3.27. The minimum absolute atomic E-state index is 0.416. The van der Waals surface area contributed by atoms with Gasteiger partial charge in [0, 0.05) is 34.8 Å². The first kappa shape index (κ1) is 13.3. The summed E-state index contributed by atoms with van der Waals surface area (Å²) in [6, 6.07) is 5.60. The molecule has 2 aromatic rings. The minimum atomic E-state index is -0.416. The zero-order valence-corrected chi connectivity index (χ0v) is 10.7. The second-order valence-corrected chi connectivity index (χ2v) is 3.47. The second-order valence-electron chi connectivity index (χ2n) is 3.47. The molecule has 0 amide bonds. The number of halogens is 1. The zero-order chi connectivity index (χ0) is 12.8. The van der Waals surface area contributed by atoms with Gasteiger partial charge in [0.05, 0.1) is 0 Å². The van der Waals surface area contributed by atoms with Crippen molar-refractivity contribution in [2.45, 2.75) is 27.7 Å². The van der Waals surface area contributed by atoms with Crippen LogP contribution in [0, 0.1) is 19.8 Å². The first-order valence-electron chi connectivity index (χ1n) is 5.72. The van der Waals surface area contributed by atoms with Crippen LogP contribution in [0.4, 0.5) is 4.39 Å². The summed E-state index contributed by atoms with van der Waals surface area (Å²) in [4.78, 5) is 7.89. The van der Waals surface area contributed by atoms with Crippen molar-refractivity contribution in [1.29, 1.82) is 0 Å². The molecule has 0 saturated heterocycles. The fourth-order valence-electron chi connectivity index (χ4n) is 1.49. The lowest BCUT2D eigenvalue weighted by Crippen LogP contribution is -1.92. The molecule has 2 nitrogen and oxygen atoms in total. The predicted molar refractivity (Wildman–Crippen MR) is 68.2 cm³/mol. The van der Waals surface area contributed by atoms with Crippen LogP contribution in [-0.2, 0) is 0 Å². The van der Waals surface area contributed by atoms with Gasteiger partial charge in [-0.2, -0.15) is 4.39 Å². The maximum atomic E-state index is 13.0. The highest BCUT2D eigenvalue weighted by Gasteiger charge is 2.05. The first-order valence-corrected chi connectivity index (χ1v) is 5.72. The molecule has 0 N–H and O–H groups in total. The van der Waals surface area contributed by atoms with E-state index in [9.17, 15) is 4.39 Å². The molecule has 0 unspecified atom stereocenters. The third kappa shape index (κ3) is 3.09. The van der Waals surface area contributed by atoms with Crippen LogP contribution in [0.15, 0.2) is 30.6 Å². The zero-order valence-electron chi connectivity index (χ0n) is 10.7. The van der Waals surface area contributed by atoms with Gasteiger partial charge in [-0.3, -0.25) is 4.98 Å². The van der Waals surface area contributed by atoms with E-state index in [-0.39, 0.29) is 0 Å². The van der Waals surface area contributed by atoms with Crippen LogP contribution in [-0.4, -0.2) is 9.97 Å². The number of rotatable bonds is 1. The number of hydrogen-bond donors (Lipinski definition) is 0. The van der Waals surface area contributed by atoms with Gasteiger partial charge in [0.1, 0.15) is 0 Å². The number of aromatic nitrogens is 2. The Morgan fingerprint density at radius 3 is 2.41 bits per heavy atom. The van der Waals surface area contributed by atoms with Crippen LogP contribution in [0.25, 0.3) is 11.1 Å². The number of hydrogen-bond acceptors (Lipinski definition) is 2. The van der Waals surface area contributed by atoms with E-state index in [0.29, 0.717) is 5.56 Å². The third-order valence-electron chi connectivity index (χ3n) is 2.33. The molecular formula is C14H17FN2. The van der Waals surface area contributed by atoms with E-state index < -0.39 is 5.95 Å². The molecule has 2 aromatic heterocycles. The molecule has 0 radical (unpaired) electrons. The van der Waals surface area contributed by atoms with Gasteiger partial charge in [-0.05, 0) is 26.0 Å². The van der Waals surface area contributed by atoms with E-state index >= 15 is 0 Å². The van der Waals surface area contributed by atoms with Gasteiger partial charge in [0.2, 0.25) is 5.95 Å². The normalized spacial score (nSPS) is 9.47. The van der Waals surface area contributed by atoms with Crippen molar-refractivity contribution in [2.75, 3.05) is 0 Å². The van der Waals surface area contributed by atoms with Crippen LogP contribution < -0.4 is 0 Å². The highest BCUT2D eigenvalue weighted by molar-refractivity contribution is 5.65. The quantitative estimate of drug-likeness (QED) is 0.696. The lowest BCUT2D eigenvalue weighted by Gasteiger charge is -2.05. The lowest BCUT2D eigenvalue weighted by molar-refractivity contribution is 0.575. The Morgan fingerprint density at radius 1 is 1.12 bits per heavy atom. The smallest absolute Gasteiger partial charge is 0.215 e. The van der Waals surface area contributed by atoms with Gasteiger partial charge >= 0.3 is 0 Å². The Labute approximate surface area is 102 Å². The summed E-state index contributed by atoms with van der Waals surface area (Å²) >= 11 is 0. The van der Waals surface area contributed by atoms with Gasteiger partial charge in [0.25, 0.3) is 0 Å². The number of pyridine rings is 2. The van der Waals surface area contributed by atoms with E-state index in [4.69, 9.17) is 0 Å². The molecule has 0 aliphatic heterocycles. The summed E-state index contributed by atoms with van der Waals surface area (Å²) in [5.41, 5.74) is 3.37. The maximum absolute atomic E-state index is 13.0. The SMILES string of the molecule is CC.Cc1cc(-c2cccnc2C)cnc1F. The molecule has 17 heavy (non-hydrogen) atoms. The summed E-state index contributed by atoms with van der Waals surface area (Å²) in [7, 11) is 0. The molecule has 0 spiro atoms. The largest absolute Gasteiger partial charge is 0.261 e. The Morgan fingerprint density at radius 2 is 1.82 bits per heavy atom. The molecule has 2 heterocycles. The van der Waals surface area contributed by atoms with E-state index in [0.717, 1.165) is 16.8 Å².